The molecule has 1 N–H and O–H groups in total. The van der Waals surface area contributed by atoms with Crippen molar-refractivity contribution in [2.75, 3.05) is 7.05 Å². The van der Waals surface area contributed by atoms with Crippen LogP contribution in [0, 0.1) is 0 Å². The summed E-state index contributed by atoms with van der Waals surface area (Å²) in [4.78, 5) is 2.36. The van der Waals surface area contributed by atoms with E-state index in [9.17, 15) is 5.11 Å². The summed E-state index contributed by atoms with van der Waals surface area (Å²) in [6.45, 7) is 4.48. The van der Waals surface area contributed by atoms with Gasteiger partial charge in [-0.25, -0.2) is 0 Å². The normalized spacial score (nSPS) is 31.2. The highest BCUT2D eigenvalue weighted by Gasteiger charge is 2.30. The maximum absolute atomic E-state index is 9.73. The van der Waals surface area contributed by atoms with E-state index in [1.54, 1.807) is 0 Å². The molecule has 3 atom stereocenters. The Morgan fingerprint density at radius 3 is 2.62 bits per heavy atom. The first-order chi connectivity index (χ1) is 6.16. The van der Waals surface area contributed by atoms with Crippen LogP contribution >= 0.6 is 0 Å². The molecule has 0 amide bonds. The number of aliphatic hydroxyl groups excluding tert-OH is 1. The van der Waals surface area contributed by atoms with Crippen LogP contribution in [-0.2, 0) is 0 Å². The SMILES string of the molecule is CCCC(C)N(C)[C@@H]1CCC[C@H]1O. The van der Waals surface area contributed by atoms with E-state index in [0.29, 0.717) is 12.1 Å². The average Bonchev–Trinajstić information content (AvgIpc) is 2.50. The van der Waals surface area contributed by atoms with Crippen LogP contribution in [0.4, 0.5) is 0 Å². The summed E-state index contributed by atoms with van der Waals surface area (Å²) in [5.74, 6) is 0. The smallest absolute Gasteiger partial charge is 0.0695 e. The molecule has 1 rings (SSSR count). The number of hydrogen-bond donors (Lipinski definition) is 1. The number of aliphatic hydroxyl groups is 1. The summed E-state index contributed by atoms with van der Waals surface area (Å²) in [7, 11) is 2.15. The zero-order valence-corrected chi connectivity index (χ0v) is 9.16. The third kappa shape index (κ3) is 2.68. The molecular weight excluding hydrogens is 162 g/mol. The summed E-state index contributed by atoms with van der Waals surface area (Å²) >= 11 is 0. The predicted octanol–water partition coefficient (Wildman–Crippen LogP) is 2.02. The van der Waals surface area contributed by atoms with Gasteiger partial charge in [0.2, 0.25) is 0 Å². The zero-order valence-electron chi connectivity index (χ0n) is 9.16. The molecule has 1 aliphatic rings. The number of nitrogens with zero attached hydrogens (tertiary/aromatic N) is 1. The van der Waals surface area contributed by atoms with Crippen molar-refractivity contribution in [1.29, 1.82) is 0 Å². The van der Waals surface area contributed by atoms with Crippen molar-refractivity contribution >= 4 is 0 Å². The van der Waals surface area contributed by atoms with Crippen molar-refractivity contribution < 1.29 is 5.11 Å². The van der Waals surface area contributed by atoms with Gasteiger partial charge in [0.15, 0.2) is 0 Å². The Bertz CT molecular complexity index is 149. The lowest BCUT2D eigenvalue weighted by Gasteiger charge is -2.32. The van der Waals surface area contributed by atoms with Gasteiger partial charge in [0.05, 0.1) is 6.10 Å². The van der Waals surface area contributed by atoms with Crippen molar-refractivity contribution in [3.63, 3.8) is 0 Å². The molecule has 0 aromatic heterocycles. The summed E-state index contributed by atoms with van der Waals surface area (Å²) in [6, 6.07) is 1.03. The molecule has 0 spiro atoms. The van der Waals surface area contributed by atoms with Crippen LogP contribution in [0.25, 0.3) is 0 Å². The molecule has 1 saturated carbocycles. The Balaban J connectivity index is 2.40. The lowest BCUT2D eigenvalue weighted by molar-refractivity contribution is 0.0632. The molecule has 1 fully saturated rings. The second-order valence-corrected chi connectivity index (χ2v) is 4.37. The minimum atomic E-state index is -0.0793. The van der Waals surface area contributed by atoms with E-state index in [2.05, 4.69) is 25.8 Å². The third-order valence-electron chi connectivity index (χ3n) is 3.37. The number of hydrogen-bond acceptors (Lipinski definition) is 2. The van der Waals surface area contributed by atoms with E-state index in [0.717, 1.165) is 6.42 Å². The molecule has 0 aromatic rings. The second-order valence-electron chi connectivity index (χ2n) is 4.37. The molecule has 0 aromatic carbocycles. The van der Waals surface area contributed by atoms with E-state index in [4.69, 9.17) is 0 Å². The first-order valence-electron chi connectivity index (χ1n) is 5.56. The predicted molar refractivity (Wildman–Crippen MR) is 55.8 cm³/mol. The molecule has 0 aliphatic heterocycles. The summed E-state index contributed by atoms with van der Waals surface area (Å²) in [5, 5.41) is 9.73. The standard InChI is InChI=1S/C11H23NO/c1-4-6-9(2)12(3)10-7-5-8-11(10)13/h9-11,13H,4-8H2,1-3H3/t9?,10-,11-/m1/s1. The summed E-state index contributed by atoms with van der Waals surface area (Å²) in [5.41, 5.74) is 0. The first kappa shape index (κ1) is 11.0. The Kier molecular flexibility index (Phi) is 4.20. The largest absolute Gasteiger partial charge is 0.391 e. The lowest BCUT2D eigenvalue weighted by Crippen LogP contribution is -2.42. The zero-order chi connectivity index (χ0) is 9.84. The van der Waals surface area contributed by atoms with Crippen molar-refractivity contribution in [3.8, 4) is 0 Å². The highest BCUT2D eigenvalue weighted by Crippen LogP contribution is 2.25. The molecule has 0 bridgehead atoms. The topological polar surface area (TPSA) is 23.5 Å². The van der Waals surface area contributed by atoms with Crippen LogP contribution in [0.1, 0.15) is 46.0 Å². The number of likely N-dealkylation sites (N-methyl/N-ethyl adjacent to an activating group) is 1. The van der Waals surface area contributed by atoms with Gasteiger partial charge >= 0.3 is 0 Å². The number of rotatable bonds is 4. The highest BCUT2D eigenvalue weighted by atomic mass is 16.3. The average molecular weight is 185 g/mol. The minimum Gasteiger partial charge on any atom is -0.391 e. The molecule has 1 unspecified atom stereocenters. The summed E-state index contributed by atoms with van der Waals surface area (Å²) in [6.07, 6.45) is 5.74. The van der Waals surface area contributed by atoms with Crippen molar-refractivity contribution in [2.24, 2.45) is 0 Å². The van der Waals surface area contributed by atoms with Crippen molar-refractivity contribution in [1.82, 2.24) is 4.90 Å². The highest BCUT2D eigenvalue weighted by molar-refractivity contribution is 4.85. The molecule has 13 heavy (non-hydrogen) atoms. The first-order valence-corrected chi connectivity index (χ1v) is 5.56. The van der Waals surface area contributed by atoms with Gasteiger partial charge in [0.25, 0.3) is 0 Å². The Hall–Kier alpha value is -0.0800. The van der Waals surface area contributed by atoms with Crippen LogP contribution < -0.4 is 0 Å². The lowest BCUT2D eigenvalue weighted by atomic mass is 10.1. The van der Waals surface area contributed by atoms with E-state index in [1.807, 2.05) is 0 Å². The third-order valence-corrected chi connectivity index (χ3v) is 3.37. The van der Waals surface area contributed by atoms with Crippen molar-refractivity contribution in [3.05, 3.63) is 0 Å². The molecular formula is C11H23NO. The fourth-order valence-electron chi connectivity index (χ4n) is 2.34. The Morgan fingerprint density at radius 2 is 2.15 bits per heavy atom. The van der Waals surface area contributed by atoms with Gasteiger partial charge in [0, 0.05) is 12.1 Å². The Morgan fingerprint density at radius 1 is 1.46 bits per heavy atom. The second kappa shape index (κ2) is 4.97. The van der Waals surface area contributed by atoms with Crippen LogP contribution in [0.2, 0.25) is 0 Å². The fraction of sp³-hybridized carbons (Fsp3) is 1.00. The van der Waals surface area contributed by atoms with Crippen LogP contribution in [0.3, 0.4) is 0 Å². The molecule has 78 valence electrons. The van der Waals surface area contributed by atoms with Gasteiger partial charge in [-0.05, 0) is 39.7 Å². The van der Waals surface area contributed by atoms with E-state index >= 15 is 0 Å². The molecule has 2 heteroatoms. The van der Waals surface area contributed by atoms with E-state index in [1.165, 1.54) is 25.7 Å². The van der Waals surface area contributed by atoms with Gasteiger partial charge < -0.3 is 5.11 Å². The monoisotopic (exact) mass is 185 g/mol. The quantitative estimate of drug-likeness (QED) is 0.724. The fourth-order valence-corrected chi connectivity index (χ4v) is 2.34. The molecule has 0 saturated heterocycles. The summed E-state index contributed by atoms with van der Waals surface area (Å²) < 4.78 is 0. The molecule has 0 radical (unpaired) electrons. The van der Waals surface area contributed by atoms with Gasteiger partial charge in [0.1, 0.15) is 0 Å². The van der Waals surface area contributed by atoms with Crippen LogP contribution in [-0.4, -0.2) is 35.2 Å². The van der Waals surface area contributed by atoms with Crippen molar-refractivity contribution in [2.45, 2.75) is 64.1 Å². The van der Waals surface area contributed by atoms with Gasteiger partial charge in [-0.15, -0.1) is 0 Å². The van der Waals surface area contributed by atoms with Gasteiger partial charge in [-0.3, -0.25) is 4.90 Å². The van der Waals surface area contributed by atoms with Crippen LogP contribution in [0.5, 0.6) is 0 Å². The Labute approximate surface area is 81.9 Å². The molecule has 1 aliphatic carbocycles. The molecule has 0 heterocycles. The van der Waals surface area contributed by atoms with E-state index in [-0.39, 0.29) is 6.10 Å². The maximum Gasteiger partial charge on any atom is 0.0695 e. The molecule has 2 nitrogen and oxygen atoms in total. The van der Waals surface area contributed by atoms with Crippen LogP contribution in [0.15, 0.2) is 0 Å². The minimum absolute atomic E-state index is 0.0793. The van der Waals surface area contributed by atoms with E-state index < -0.39 is 0 Å². The van der Waals surface area contributed by atoms with Gasteiger partial charge in [-0.1, -0.05) is 13.3 Å². The maximum atomic E-state index is 9.73. The van der Waals surface area contributed by atoms with Gasteiger partial charge in [-0.2, -0.15) is 0 Å².